The summed E-state index contributed by atoms with van der Waals surface area (Å²) in [7, 11) is 2.50. The van der Waals surface area contributed by atoms with Crippen LogP contribution in [0.25, 0.3) is 4.85 Å². The van der Waals surface area contributed by atoms with E-state index in [4.69, 9.17) is 19.9 Å². The molecule has 112 valence electrons. The molecule has 0 rings (SSSR count). The maximum atomic E-state index is 6.88. The fourth-order valence-electron chi connectivity index (χ4n) is 1.98. The molecule has 0 amide bonds. The summed E-state index contributed by atoms with van der Waals surface area (Å²) in [5.41, 5.74) is 0. The minimum Gasteiger partial charge on any atom is -0.377 e. The van der Waals surface area contributed by atoms with E-state index in [1.54, 1.807) is 21.3 Å². The van der Waals surface area contributed by atoms with Crippen LogP contribution in [0.1, 0.15) is 26.2 Å². The van der Waals surface area contributed by atoms with Crippen molar-refractivity contribution in [1.29, 1.82) is 0 Å². The maximum Gasteiger partial charge on any atom is 0.500 e. The Morgan fingerprint density at radius 3 is 2.05 bits per heavy atom. The van der Waals surface area contributed by atoms with Crippen LogP contribution in [-0.4, -0.2) is 61.2 Å². The van der Waals surface area contributed by atoms with Gasteiger partial charge in [0.1, 0.15) is 0 Å². The van der Waals surface area contributed by atoms with Crippen molar-refractivity contribution < 1.29 is 13.3 Å². The van der Waals surface area contributed by atoms with Crippen molar-refractivity contribution in [2.75, 3.05) is 47.5 Å². The number of nitrogens with zero attached hydrogens (tertiary/aromatic N) is 2. The van der Waals surface area contributed by atoms with Crippen molar-refractivity contribution in [3.05, 3.63) is 11.4 Å². The van der Waals surface area contributed by atoms with E-state index in [1.807, 2.05) is 0 Å². The van der Waals surface area contributed by atoms with E-state index < -0.39 is 8.80 Å². The average molecular weight is 288 g/mol. The summed E-state index contributed by atoms with van der Waals surface area (Å²) in [6, 6.07) is 0.817. The van der Waals surface area contributed by atoms with Crippen LogP contribution in [0.4, 0.5) is 0 Å². The van der Waals surface area contributed by atoms with Crippen LogP contribution in [0, 0.1) is 6.57 Å². The average Bonchev–Trinajstić information content (AvgIpc) is 2.46. The molecule has 0 N–H and O–H groups in total. The van der Waals surface area contributed by atoms with Gasteiger partial charge in [-0.1, -0.05) is 13.3 Å². The van der Waals surface area contributed by atoms with Crippen molar-refractivity contribution in [3.8, 4) is 0 Å². The highest BCUT2D eigenvalue weighted by Gasteiger charge is 2.36. The van der Waals surface area contributed by atoms with E-state index >= 15 is 0 Å². The molecule has 0 saturated heterocycles. The van der Waals surface area contributed by atoms with E-state index in [2.05, 4.69) is 16.7 Å². The minimum absolute atomic E-state index is 0.575. The van der Waals surface area contributed by atoms with Crippen LogP contribution >= 0.6 is 0 Å². The summed E-state index contributed by atoms with van der Waals surface area (Å²) < 4.78 is 16.2. The summed E-state index contributed by atoms with van der Waals surface area (Å²) in [4.78, 5) is 5.78. The molecule has 0 bridgehead atoms. The lowest BCUT2D eigenvalue weighted by Gasteiger charge is -2.26. The van der Waals surface area contributed by atoms with Gasteiger partial charge in [-0.3, -0.25) is 4.90 Å². The van der Waals surface area contributed by atoms with Gasteiger partial charge >= 0.3 is 8.80 Å². The molecule has 0 saturated carbocycles. The van der Waals surface area contributed by atoms with Gasteiger partial charge in [0.15, 0.2) is 0 Å². The SMILES string of the molecule is [C-]#[N+]CCN(CCCC)CCC[Si](OC)(OC)OC. The highest BCUT2D eigenvalue weighted by atomic mass is 28.4. The van der Waals surface area contributed by atoms with Gasteiger partial charge in [-0.05, 0) is 25.9 Å². The lowest BCUT2D eigenvalue weighted by Crippen LogP contribution is -2.43. The molecule has 0 aromatic heterocycles. The van der Waals surface area contributed by atoms with E-state index in [9.17, 15) is 0 Å². The zero-order valence-corrected chi connectivity index (χ0v) is 13.8. The predicted molar refractivity (Wildman–Crippen MR) is 79.0 cm³/mol. The topological polar surface area (TPSA) is 35.3 Å². The van der Waals surface area contributed by atoms with Gasteiger partial charge in [0.2, 0.25) is 6.54 Å². The van der Waals surface area contributed by atoms with Gasteiger partial charge < -0.3 is 18.1 Å². The second kappa shape index (κ2) is 11.4. The first-order valence-corrected chi connectivity index (χ1v) is 8.82. The molecule has 6 heteroatoms. The summed E-state index contributed by atoms with van der Waals surface area (Å²) in [5.74, 6) is 0. The van der Waals surface area contributed by atoms with Gasteiger partial charge in [-0.15, -0.1) is 0 Å². The summed E-state index contributed by atoms with van der Waals surface area (Å²) in [6.07, 6.45) is 3.34. The van der Waals surface area contributed by atoms with E-state index in [0.29, 0.717) is 6.54 Å². The third-order valence-electron chi connectivity index (χ3n) is 3.25. The monoisotopic (exact) mass is 288 g/mol. The molecule has 5 nitrogen and oxygen atoms in total. The predicted octanol–water partition coefficient (Wildman–Crippen LogP) is 2.28. The Hall–Kier alpha value is -0.453. The highest BCUT2D eigenvalue weighted by Crippen LogP contribution is 2.15. The smallest absolute Gasteiger partial charge is 0.377 e. The Labute approximate surface area is 119 Å². The molecule has 0 aromatic rings. The largest absolute Gasteiger partial charge is 0.500 e. The molecule has 0 aromatic carbocycles. The zero-order chi connectivity index (χ0) is 14.6. The quantitative estimate of drug-likeness (QED) is 0.408. The van der Waals surface area contributed by atoms with Crippen LogP contribution in [0.15, 0.2) is 0 Å². The lowest BCUT2D eigenvalue weighted by atomic mass is 10.3. The van der Waals surface area contributed by atoms with Crippen molar-refractivity contribution >= 4 is 8.80 Å². The van der Waals surface area contributed by atoms with Crippen LogP contribution in [-0.2, 0) is 13.3 Å². The van der Waals surface area contributed by atoms with Crippen LogP contribution in [0.5, 0.6) is 0 Å². The molecule has 0 aliphatic carbocycles. The Kier molecular flexibility index (Phi) is 11.1. The molecule has 0 aliphatic heterocycles. The molecular formula is C13H28N2O3Si. The number of unbranched alkanes of at least 4 members (excludes halogenated alkanes) is 1. The molecule has 0 spiro atoms. The summed E-state index contributed by atoms with van der Waals surface area (Å²) in [6.45, 7) is 12.5. The van der Waals surface area contributed by atoms with Crippen molar-refractivity contribution in [2.45, 2.75) is 32.2 Å². The van der Waals surface area contributed by atoms with Crippen LogP contribution < -0.4 is 0 Å². The minimum atomic E-state index is -2.43. The summed E-state index contributed by atoms with van der Waals surface area (Å²) in [5, 5.41) is 0. The Morgan fingerprint density at radius 1 is 1.00 bits per heavy atom. The standard InChI is InChI=1S/C13H28N2O3Si/c1-6-7-10-15(12-9-14-2)11-8-13-19(16-3,17-4)18-5/h6-13H2,1,3-5H3. The van der Waals surface area contributed by atoms with Gasteiger partial charge in [-0.25, -0.2) is 6.57 Å². The van der Waals surface area contributed by atoms with E-state index in [-0.39, 0.29) is 0 Å². The first-order valence-electron chi connectivity index (χ1n) is 6.89. The summed E-state index contributed by atoms with van der Waals surface area (Å²) >= 11 is 0. The molecule has 19 heavy (non-hydrogen) atoms. The first kappa shape index (κ1) is 18.5. The molecule has 0 unspecified atom stereocenters. The Bertz CT molecular complexity index is 246. The fourth-order valence-corrected chi connectivity index (χ4v) is 3.69. The molecule has 0 atom stereocenters. The second-order valence-corrected chi connectivity index (χ2v) is 7.57. The molecule has 0 radical (unpaired) electrons. The van der Waals surface area contributed by atoms with E-state index in [0.717, 1.165) is 32.1 Å². The van der Waals surface area contributed by atoms with Crippen molar-refractivity contribution in [3.63, 3.8) is 0 Å². The highest BCUT2D eigenvalue weighted by molar-refractivity contribution is 6.60. The van der Waals surface area contributed by atoms with Gasteiger partial charge in [0.25, 0.3) is 0 Å². The first-order chi connectivity index (χ1) is 9.17. The lowest BCUT2D eigenvalue weighted by molar-refractivity contribution is 0.121. The number of hydrogen-bond donors (Lipinski definition) is 0. The third-order valence-corrected chi connectivity index (χ3v) is 6.08. The number of hydrogen-bond acceptors (Lipinski definition) is 4. The van der Waals surface area contributed by atoms with Crippen LogP contribution in [0.2, 0.25) is 6.04 Å². The molecular weight excluding hydrogens is 260 g/mol. The van der Waals surface area contributed by atoms with E-state index in [1.165, 1.54) is 12.8 Å². The Morgan fingerprint density at radius 2 is 1.58 bits per heavy atom. The van der Waals surface area contributed by atoms with Crippen molar-refractivity contribution in [1.82, 2.24) is 4.90 Å². The molecule has 0 fully saturated rings. The van der Waals surface area contributed by atoms with Crippen molar-refractivity contribution in [2.24, 2.45) is 0 Å². The zero-order valence-electron chi connectivity index (χ0n) is 12.8. The fraction of sp³-hybridized carbons (Fsp3) is 0.923. The maximum absolute atomic E-state index is 6.88. The van der Waals surface area contributed by atoms with Gasteiger partial charge in [0.05, 0.1) is 6.54 Å². The van der Waals surface area contributed by atoms with Crippen LogP contribution in [0.3, 0.4) is 0 Å². The normalized spacial score (nSPS) is 11.8. The third kappa shape index (κ3) is 7.65. The second-order valence-electron chi connectivity index (χ2n) is 4.48. The van der Waals surface area contributed by atoms with Gasteiger partial charge in [-0.2, -0.15) is 0 Å². The van der Waals surface area contributed by atoms with Gasteiger partial charge in [0, 0.05) is 27.4 Å². The molecule has 0 heterocycles. The number of rotatable bonds is 12. The molecule has 0 aliphatic rings. The Balaban J connectivity index is 4.11.